The Balaban J connectivity index is 0.00000182. The van der Waals surface area contributed by atoms with Crippen molar-refractivity contribution >= 4 is 56.1 Å². The Labute approximate surface area is 300 Å². The SMILES string of the molecule is O=C([O-])c1ccc2c3nc4nc(nc5[nH]c(nc6nc(nc([nH]3)c2c1C(=O)[O-])-c1ccccc1-6)c1ccccc51)-c1ccccc1-4.[Au+].[Au+]. The summed E-state index contributed by atoms with van der Waals surface area (Å²) in [7, 11) is 0. The number of carboxylic acids is 2. The van der Waals surface area contributed by atoms with Gasteiger partial charge in [-0.3, -0.25) is 0 Å². The van der Waals surface area contributed by atoms with Crippen molar-refractivity contribution in [3.63, 3.8) is 0 Å². The predicted octanol–water partition coefficient (Wildman–Crippen LogP) is 3.59. The first-order valence-corrected chi connectivity index (χ1v) is 14.1. The number of fused-ring (bicyclic) bond motifs is 20. The predicted molar refractivity (Wildman–Crippen MR) is 165 cm³/mol. The molecule has 0 spiro atoms. The number of aromatic amines is 2. The molecule has 48 heavy (non-hydrogen) atoms. The van der Waals surface area contributed by atoms with E-state index in [1.807, 2.05) is 72.8 Å². The molecule has 9 rings (SSSR count). The summed E-state index contributed by atoms with van der Waals surface area (Å²) in [5, 5.41) is 26.4. The zero-order valence-corrected chi connectivity index (χ0v) is 28.3. The van der Waals surface area contributed by atoms with Gasteiger partial charge in [-0.15, -0.1) is 0 Å². The van der Waals surface area contributed by atoms with Gasteiger partial charge in [0.05, 0.1) is 11.9 Å². The average Bonchev–Trinajstić information content (AvgIpc) is 3.80. The van der Waals surface area contributed by atoms with E-state index in [2.05, 4.69) is 9.97 Å². The maximum absolute atomic E-state index is 12.5. The molecule has 4 aromatic carbocycles. The van der Waals surface area contributed by atoms with Crippen LogP contribution in [0.4, 0.5) is 0 Å². The number of rotatable bonds is 2. The third-order valence-electron chi connectivity index (χ3n) is 8.14. The van der Waals surface area contributed by atoms with Crippen LogP contribution in [0.25, 0.3) is 89.7 Å². The van der Waals surface area contributed by atoms with Crippen LogP contribution in [0.3, 0.4) is 0 Å². The molecular formula is C34H16Au2N8O4. The summed E-state index contributed by atoms with van der Waals surface area (Å²) in [6, 6.07) is 25.2. The van der Waals surface area contributed by atoms with Crippen molar-refractivity contribution < 1.29 is 64.6 Å². The Bertz CT molecular complexity index is 2680. The first kappa shape index (κ1) is 31.3. The van der Waals surface area contributed by atoms with Crippen LogP contribution >= 0.6 is 0 Å². The van der Waals surface area contributed by atoms with Gasteiger partial charge in [-0.05, 0) is 6.07 Å². The van der Waals surface area contributed by atoms with E-state index in [9.17, 15) is 19.8 Å². The second kappa shape index (κ2) is 11.7. The molecule has 0 unspecified atom stereocenters. The number of carboxylic acid groups (broad SMARTS) is 2. The Hall–Kier alpha value is -5.34. The molecule has 2 N–H and O–H groups in total. The van der Waals surface area contributed by atoms with Crippen molar-refractivity contribution in [2.24, 2.45) is 0 Å². The van der Waals surface area contributed by atoms with Crippen molar-refractivity contribution in [2.75, 3.05) is 0 Å². The van der Waals surface area contributed by atoms with Gasteiger partial charge < -0.3 is 29.8 Å². The van der Waals surface area contributed by atoms with E-state index in [4.69, 9.17) is 29.9 Å². The van der Waals surface area contributed by atoms with E-state index in [0.717, 1.165) is 22.4 Å². The topological polar surface area (TPSA) is 189 Å². The largest absolute Gasteiger partial charge is 1.00 e. The van der Waals surface area contributed by atoms with Crippen LogP contribution in [0.1, 0.15) is 20.7 Å². The molecule has 14 heteroatoms. The quantitative estimate of drug-likeness (QED) is 0.243. The van der Waals surface area contributed by atoms with E-state index >= 15 is 0 Å². The molecule has 0 aliphatic carbocycles. The van der Waals surface area contributed by atoms with Gasteiger partial charge in [0.15, 0.2) is 23.3 Å². The molecule has 5 heterocycles. The maximum atomic E-state index is 12.5. The molecule has 0 fully saturated rings. The number of aromatic nitrogens is 8. The number of benzene rings is 4. The van der Waals surface area contributed by atoms with Crippen molar-refractivity contribution in [3.05, 3.63) is 96.1 Å². The smallest absolute Gasteiger partial charge is 0.545 e. The first-order valence-electron chi connectivity index (χ1n) is 14.1. The minimum absolute atomic E-state index is 0. The second-order valence-electron chi connectivity index (χ2n) is 10.7. The fraction of sp³-hybridized carbons (Fsp3) is 0. The summed E-state index contributed by atoms with van der Waals surface area (Å²) in [6.45, 7) is 0. The number of nitrogens with zero attached hydrogens (tertiary/aromatic N) is 6. The Kier molecular flexibility index (Phi) is 7.63. The molecule has 0 saturated carbocycles. The average molecular weight is 994 g/mol. The number of hydrogen-bond donors (Lipinski definition) is 2. The zero-order chi connectivity index (χ0) is 31.1. The molecular weight excluding hydrogens is 978 g/mol. The molecule has 2 aliphatic heterocycles. The van der Waals surface area contributed by atoms with E-state index in [1.165, 1.54) is 6.07 Å². The van der Waals surface area contributed by atoms with Gasteiger partial charge in [-0.25, -0.2) is 29.9 Å². The van der Waals surface area contributed by atoms with Crippen LogP contribution in [0.5, 0.6) is 0 Å². The van der Waals surface area contributed by atoms with Crippen LogP contribution in [0, 0.1) is 0 Å². The molecule has 0 atom stereocenters. The van der Waals surface area contributed by atoms with Crippen LogP contribution in [0.2, 0.25) is 0 Å². The van der Waals surface area contributed by atoms with Gasteiger partial charge in [-0.1, -0.05) is 78.9 Å². The molecule has 0 amide bonds. The fourth-order valence-electron chi connectivity index (χ4n) is 6.11. The molecule has 8 bridgehead atoms. The number of nitrogens with one attached hydrogen (secondary N) is 2. The molecule has 7 aromatic rings. The van der Waals surface area contributed by atoms with Gasteiger partial charge in [0.25, 0.3) is 0 Å². The summed E-state index contributed by atoms with van der Waals surface area (Å²) in [5.41, 5.74) is 2.96. The van der Waals surface area contributed by atoms with Gasteiger partial charge >= 0.3 is 44.8 Å². The van der Waals surface area contributed by atoms with E-state index in [1.54, 1.807) is 0 Å². The maximum Gasteiger partial charge on any atom is 1.00 e. The monoisotopic (exact) mass is 994 g/mol. The summed E-state index contributed by atoms with van der Waals surface area (Å²) in [4.78, 5) is 59.8. The number of carbonyl (C=O) groups excluding carboxylic acids is 2. The molecule has 238 valence electrons. The number of carbonyl (C=O) groups is 2. The summed E-state index contributed by atoms with van der Waals surface area (Å²) < 4.78 is 0. The van der Waals surface area contributed by atoms with E-state index in [0.29, 0.717) is 45.5 Å². The van der Waals surface area contributed by atoms with Gasteiger partial charge in [-0.2, -0.15) is 0 Å². The fourth-order valence-corrected chi connectivity index (χ4v) is 6.11. The van der Waals surface area contributed by atoms with Crippen LogP contribution in [0.15, 0.2) is 84.9 Å². The Morgan fingerprint density at radius 2 is 0.854 bits per heavy atom. The first-order chi connectivity index (χ1) is 22.4. The Morgan fingerprint density at radius 1 is 0.458 bits per heavy atom. The third-order valence-corrected chi connectivity index (χ3v) is 8.14. The summed E-state index contributed by atoms with van der Waals surface area (Å²) in [6.07, 6.45) is 0. The Morgan fingerprint density at radius 3 is 1.29 bits per heavy atom. The van der Waals surface area contributed by atoms with Gasteiger partial charge in [0.2, 0.25) is 0 Å². The molecule has 2 aliphatic rings. The second-order valence-corrected chi connectivity index (χ2v) is 10.7. The standard InChI is InChI=1S/C34H18N8O4.2Au/c43-33(44)22-14-13-21-23(24(22)34(45)46)32-41-30-20-12-6-5-11-19(20)28(39-30)37-26-16-8-2-1-7-15(16)25(35-26)36-27-17-9-3-4-10-18(17)29(38-27)40-31(21)42-32;;/h1-14H,(H,43,44)(H,45,46)(H2,35,36,37,38,39,40,41,42);;/q;2*+1/p-2. The summed E-state index contributed by atoms with van der Waals surface area (Å²) >= 11 is 0. The van der Waals surface area contributed by atoms with Crippen molar-refractivity contribution in [3.8, 4) is 45.6 Å². The number of hydrogen-bond acceptors (Lipinski definition) is 10. The molecule has 0 radical (unpaired) electrons. The normalized spacial score (nSPS) is 11.3. The minimum atomic E-state index is -1.71. The number of H-pyrrole nitrogens is 2. The minimum Gasteiger partial charge on any atom is -0.545 e. The zero-order valence-electron chi connectivity index (χ0n) is 24.0. The van der Waals surface area contributed by atoms with E-state index in [-0.39, 0.29) is 72.7 Å². The van der Waals surface area contributed by atoms with Crippen molar-refractivity contribution in [1.29, 1.82) is 0 Å². The van der Waals surface area contributed by atoms with Crippen molar-refractivity contribution in [1.82, 2.24) is 39.9 Å². The van der Waals surface area contributed by atoms with Crippen LogP contribution in [-0.2, 0) is 44.8 Å². The molecule has 12 nitrogen and oxygen atoms in total. The van der Waals surface area contributed by atoms with Crippen molar-refractivity contribution in [2.45, 2.75) is 0 Å². The third kappa shape index (κ3) is 4.70. The number of aromatic carboxylic acids is 2. The van der Waals surface area contributed by atoms with E-state index < -0.39 is 23.1 Å². The van der Waals surface area contributed by atoms with Gasteiger partial charge in [0.1, 0.15) is 22.6 Å². The van der Waals surface area contributed by atoms with Gasteiger partial charge in [0, 0.05) is 54.9 Å². The van der Waals surface area contributed by atoms with Crippen LogP contribution in [-0.4, -0.2) is 51.8 Å². The molecule has 3 aromatic heterocycles. The summed E-state index contributed by atoms with van der Waals surface area (Å²) in [5.74, 6) is -2.05. The van der Waals surface area contributed by atoms with Crippen LogP contribution < -0.4 is 10.2 Å². The molecule has 0 saturated heterocycles.